The second-order valence-corrected chi connectivity index (χ2v) is 14.8. The summed E-state index contributed by atoms with van der Waals surface area (Å²) in [5.74, 6) is 0.679. The van der Waals surface area contributed by atoms with E-state index in [0.29, 0.717) is 5.82 Å². The minimum atomic E-state index is 0.679. The van der Waals surface area contributed by atoms with Crippen molar-refractivity contribution in [2.24, 2.45) is 0 Å². The van der Waals surface area contributed by atoms with Crippen LogP contribution in [0.5, 0.6) is 0 Å². The van der Waals surface area contributed by atoms with Crippen LogP contribution in [-0.2, 0) is 0 Å². The molecule has 11 rings (SSSR count). The quantitative estimate of drug-likeness (QED) is 0.126. The summed E-state index contributed by atoms with van der Waals surface area (Å²) in [6.07, 6.45) is 3.70. The molecule has 0 saturated heterocycles. The maximum atomic E-state index is 5.27. The highest BCUT2D eigenvalue weighted by molar-refractivity contribution is 6.25. The topological polar surface area (TPSA) is 38.7 Å². The summed E-state index contributed by atoms with van der Waals surface area (Å²) in [4.78, 5) is 14.9. The first-order chi connectivity index (χ1) is 28.8. The van der Waals surface area contributed by atoms with E-state index in [-0.39, 0.29) is 0 Å². The molecule has 0 atom stereocenters. The molecule has 0 amide bonds. The molecule has 0 bridgehead atoms. The minimum absolute atomic E-state index is 0.679. The summed E-state index contributed by atoms with van der Waals surface area (Å²) in [5, 5.41) is 9.88. The predicted molar refractivity (Wildman–Crippen MR) is 242 cm³/mol. The Bertz CT molecular complexity index is 3280. The Balaban J connectivity index is 1.12. The SMILES string of the molecule is c1ccc(-c2cc(-c3cccc(-c4cccnc4)c3)nc(-c3cccc(-c4c5ccccc5c(-c5cc6ccccc6c6ccccc56)c5ccccc45)c3)n2)cc1. The molecule has 58 heavy (non-hydrogen) atoms. The lowest BCUT2D eigenvalue weighted by Crippen LogP contribution is -1.97. The van der Waals surface area contributed by atoms with Crippen LogP contribution in [0, 0.1) is 0 Å². The number of benzene rings is 9. The molecule has 2 aromatic heterocycles. The monoisotopic (exact) mass is 737 g/mol. The average molecular weight is 738 g/mol. The van der Waals surface area contributed by atoms with Gasteiger partial charge < -0.3 is 0 Å². The summed E-state index contributed by atoms with van der Waals surface area (Å²) in [6.45, 7) is 0. The highest BCUT2D eigenvalue weighted by atomic mass is 14.9. The lowest BCUT2D eigenvalue weighted by Gasteiger charge is -2.20. The fourth-order valence-electron chi connectivity index (χ4n) is 8.68. The summed E-state index contributed by atoms with van der Waals surface area (Å²) in [5.41, 5.74) is 11.7. The van der Waals surface area contributed by atoms with E-state index in [9.17, 15) is 0 Å². The zero-order chi connectivity index (χ0) is 38.4. The smallest absolute Gasteiger partial charge is 0.160 e. The number of pyridine rings is 1. The Kier molecular flexibility index (Phi) is 8.15. The number of rotatable bonds is 6. The molecule has 0 unspecified atom stereocenters. The van der Waals surface area contributed by atoms with Gasteiger partial charge in [0.05, 0.1) is 11.4 Å². The van der Waals surface area contributed by atoms with E-state index in [1.807, 2.05) is 18.3 Å². The Morgan fingerprint density at radius 3 is 1.52 bits per heavy atom. The van der Waals surface area contributed by atoms with Gasteiger partial charge in [-0.3, -0.25) is 4.98 Å². The number of hydrogen-bond acceptors (Lipinski definition) is 3. The van der Waals surface area contributed by atoms with Crippen LogP contribution in [0.15, 0.2) is 213 Å². The first kappa shape index (κ1) is 33.6. The van der Waals surface area contributed by atoms with Gasteiger partial charge >= 0.3 is 0 Å². The molecule has 0 aliphatic rings. The number of hydrogen-bond donors (Lipinski definition) is 0. The van der Waals surface area contributed by atoms with Crippen LogP contribution in [0.2, 0.25) is 0 Å². The standard InChI is InChI=1S/C55H35N3/c1-2-15-36(16-3-1)51-34-52(39-19-12-18-37(31-39)42-22-14-30-56-35-42)58-55(57-51)41-21-13-20-40(32-41)53-46-26-8-10-28-48(46)54(49-29-11-9-27-47(49)53)50-33-38-17-4-5-23-43(38)44-24-6-7-25-45(44)50/h1-35H. The number of fused-ring (bicyclic) bond motifs is 5. The summed E-state index contributed by atoms with van der Waals surface area (Å²) in [7, 11) is 0. The van der Waals surface area contributed by atoms with Gasteiger partial charge in [0.1, 0.15) is 0 Å². The molecule has 2 heterocycles. The molecule has 3 heteroatoms. The normalized spacial score (nSPS) is 11.4. The second-order valence-electron chi connectivity index (χ2n) is 14.8. The molecule has 270 valence electrons. The third-order valence-corrected chi connectivity index (χ3v) is 11.3. The average Bonchev–Trinajstić information content (AvgIpc) is 3.31. The van der Waals surface area contributed by atoms with E-state index in [0.717, 1.165) is 44.8 Å². The van der Waals surface area contributed by atoms with Crippen molar-refractivity contribution in [1.82, 2.24) is 15.0 Å². The van der Waals surface area contributed by atoms with Crippen LogP contribution < -0.4 is 0 Å². The van der Waals surface area contributed by atoms with Gasteiger partial charge in [-0.1, -0.05) is 170 Å². The molecule has 0 aliphatic heterocycles. The van der Waals surface area contributed by atoms with Crippen LogP contribution in [0.3, 0.4) is 0 Å². The first-order valence-electron chi connectivity index (χ1n) is 19.7. The van der Waals surface area contributed by atoms with Gasteiger partial charge in [0, 0.05) is 34.6 Å². The van der Waals surface area contributed by atoms with Crippen molar-refractivity contribution in [3.05, 3.63) is 213 Å². The van der Waals surface area contributed by atoms with Gasteiger partial charge in [-0.05, 0) is 101 Å². The molecule has 0 aliphatic carbocycles. The van der Waals surface area contributed by atoms with Crippen LogP contribution in [0.1, 0.15) is 0 Å². The van der Waals surface area contributed by atoms with Crippen molar-refractivity contribution in [2.75, 3.05) is 0 Å². The molecule has 0 radical (unpaired) electrons. The zero-order valence-corrected chi connectivity index (χ0v) is 31.5. The van der Waals surface area contributed by atoms with E-state index >= 15 is 0 Å². The van der Waals surface area contributed by atoms with Gasteiger partial charge in [0.15, 0.2) is 5.82 Å². The lowest BCUT2D eigenvalue weighted by atomic mass is 9.83. The van der Waals surface area contributed by atoms with Crippen LogP contribution in [0.25, 0.3) is 110 Å². The van der Waals surface area contributed by atoms with Gasteiger partial charge in [-0.15, -0.1) is 0 Å². The molecular formula is C55H35N3. The zero-order valence-electron chi connectivity index (χ0n) is 31.5. The Hall–Kier alpha value is -7.75. The van der Waals surface area contributed by atoms with E-state index in [1.165, 1.54) is 59.8 Å². The van der Waals surface area contributed by atoms with Crippen LogP contribution in [-0.4, -0.2) is 15.0 Å². The van der Waals surface area contributed by atoms with E-state index < -0.39 is 0 Å². The molecule has 0 saturated carbocycles. The number of nitrogens with zero attached hydrogens (tertiary/aromatic N) is 3. The van der Waals surface area contributed by atoms with Crippen LogP contribution in [0.4, 0.5) is 0 Å². The van der Waals surface area contributed by atoms with Gasteiger partial charge in [-0.25, -0.2) is 9.97 Å². The highest BCUT2D eigenvalue weighted by Gasteiger charge is 2.20. The van der Waals surface area contributed by atoms with Crippen molar-refractivity contribution in [2.45, 2.75) is 0 Å². The Morgan fingerprint density at radius 2 is 0.810 bits per heavy atom. The molecule has 0 spiro atoms. The van der Waals surface area contributed by atoms with Crippen molar-refractivity contribution in [1.29, 1.82) is 0 Å². The Labute approximate surface area is 336 Å². The van der Waals surface area contributed by atoms with E-state index in [2.05, 4.69) is 193 Å². The first-order valence-corrected chi connectivity index (χ1v) is 19.7. The third kappa shape index (κ3) is 5.80. The van der Waals surface area contributed by atoms with Crippen molar-refractivity contribution >= 4 is 43.1 Å². The molecular weight excluding hydrogens is 703 g/mol. The highest BCUT2D eigenvalue weighted by Crippen LogP contribution is 2.47. The molecule has 11 aromatic rings. The Morgan fingerprint density at radius 1 is 0.293 bits per heavy atom. The fourth-order valence-corrected chi connectivity index (χ4v) is 8.68. The molecule has 3 nitrogen and oxygen atoms in total. The lowest BCUT2D eigenvalue weighted by molar-refractivity contribution is 1.18. The maximum absolute atomic E-state index is 5.27. The largest absolute Gasteiger partial charge is 0.264 e. The van der Waals surface area contributed by atoms with Gasteiger partial charge in [-0.2, -0.15) is 0 Å². The summed E-state index contributed by atoms with van der Waals surface area (Å²) >= 11 is 0. The summed E-state index contributed by atoms with van der Waals surface area (Å²) < 4.78 is 0. The maximum Gasteiger partial charge on any atom is 0.160 e. The van der Waals surface area contributed by atoms with Gasteiger partial charge in [0.25, 0.3) is 0 Å². The molecule has 0 fully saturated rings. The van der Waals surface area contributed by atoms with Gasteiger partial charge in [0.2, 0.25) is 0 Å². The van der Waals surface area contributed by atoms with Crippen molar-refractivity contribution < 1.29 is 0 Å². The second kappa shape index (κ2) is 14.1. The van der Waals surface area contributed by atoms with Crippen LogP contribution >= 0.6 is 0 Å². The van der Waals surface area contributed by atoms with E-state index in [4.69, 9.17) is 9.97 Å². The number of aromatic nitrogens is 3. The fraction of sp³-hybridized carbons (Fsp3) is 0. The minimum Gasteiger partial charge on any atom is -0.264 e. The predicted octanol–water partition coefficient (Wildman–Crippen LogP) is 14.5. The third-order valence-electron chi connectivity index (χ3n) is 11.3. The van der Waals surface area contributed by atoms with Crippen molar-refractivity contribution in [3.63, 3.8) is 0 Å². The molecule has 0 N–H and O–H groups in total. The van der Waals surface area contributed by atoms with Crippen molar-refractivity contribution in [3.8, 4) is 67.3 Å². The van der Waals surface area contributed by atoms with E-state index in [1.54, 1.807) is 6.20 Å². The summed E-state index contributed by atoms with van der Waals surface area (Å²) in [6, 6.07) is 71.5. The molecule has 9 aromatic carbocycles.